The molecule has 0 saturated heterocycles. The summed E-state index contributed by atoms with van der Waals surface area (Å²) < 4.78 is 0. The molecule has 3 aliphatic carbocycles. The highest BCUT2D eigenvalue weighted by molar-refractivity contribution is 5.37. The molecular formula is C15H22. The van der Waals surface area contributed by atoms with Crippen molar-refractivity contribution in [1.82, 2.24) is 0 Å². The largest absolute Gasteiger partial charge is 0.0955 e. The Labute approximate surface area is 93.5 Å². The first-order valence-electron chi connectivity index (χ1n) is 6.31. The van der Waals surface area contributed by atoms with Gasteiger partial charge in [-0.3, -0.25) is 0 Å². The van der Waals surface area contributed by atoms with E-state index in [2.05, 4.69) is 39.5 Å². The van der Waals surface area contributed by atoms with Crippen LogP contribution in [0.4, 0.5) is 0 Å². The minimum Gasteiger partial charge on any atom is -0.0955 e. The molecule has 0 heteroatoms. The molecule has 0 aliphatic heterocycles. The van der Waals surface area contributed by atoms with E-state index in [1.165, 1.54) is 31.3 Å². The summed E-state index contributed by atoms with van der Waals surface area (Å²) in [5.74, 6) is 0.750. The maximum atomic E-state index is 4.27. The molecule has 0 radical (unpaired) electrons. The number of fused-ring (bicyclic) bond motifs is 5. The van der Waals surface area contributed by atoms with E-state index in [1.807, 2.05) is 0 Å². The number of rotatable bonds is 0. The van der Waals surface area contributed by atoms with Crippen LogP contribution in [0.5, 0.6) is 0 Å². The fourth-order valence-electron chi connectivity index (χ4n) is 4.94. The molecule has 0 spiro atoms. The van der Waals surface area contributed by atoms with Gasteiger partial charge in [-0.25, -0.2) is 0 Å². The molecule has 2 saturated carbocycles. The highest BCUT2D eigenvalue weighted by Gasteiger charge is 2.67. The van der Waals surface area contributed by atoms with Crippen LogP contribution < -0.4 is 0 Å². The fraction of sp³-hybridized carbons (Fsp3) is 0.733. The Hall–Kier alpha value is -0.520. The van der Waals surface area contributed by atoms with Gasteiger partial charge in [-0.15, -0.1) is 0 Å². The van der Waals surface area contributed by atoms with Crippen LogP contribution in [0, 0.1) is 22.2 Å². The molecule has 0 heterocycles. The van der Waals surface area contributed by atoms with Gasteiger partial charge >= 0.3 is 0 Å². The van der Waals surface area contributed by atoms with E-state index in [0.717, 1.165) is 5.92 Å². The number of hydrogen-bond acceptors (Lipinski definition) is 0. The Kier molecular flexibility index (Phi) is 1.56. The van der Waals surface area contributed by atoms with Gasteiger partial charge in [-0.2, -0.15) is 0 Å². The first kappa shape index (κ1) is 9.69. The molecule has 4 atom stereocenters. The van der Waals surface area contributed by atoms with E-state index >= 15 is 0 Å². The lowest BCUT2D eigenvalue weighted by Crippen LogP contribution is -2.38. The molecule has 3 rings (SSSR count). The van der Waals surface area contributed by atoms with Crippen LogP contribution in [0.25, 0.3) is 0 Å². The molecule has 0 nitrogen and oxygen atoms in total. The molecule has 0 aromatic carbocycles. The molecule has 2 fully saturated rings. The van der Waals surface area contributed by atoms with E-state index in [-0.39, 0.29) is 0 Å². The average Bonchev–Trinajstić information content (AvgIpc) is 2.55. The van der Waals surface area contributed by atoms with Gasteiger partial charge in [0, 0.05) is 0 Å². The molecule has 0 aromatic rings. The van der Waals surface area contributed by atoms with Crippen LogP contribution in [0.3, 0.4) is 0 Å². The third kappa shape index (κ3) is 0.822. The Morgan fingerprint density at radius 1 is 1.27 bits per heavy atom. The number of hydrogen-bond donors (Lipinski definition) is 0. The van der Waals surface area contributed by atoms with Gasteiger partial charge in [0.15, 0.2) is 0 Å². The van der Waals surface area contributed by atoms with Crippen molar-refractivity contribution < 1.29 is 0 Å². The van der Waals surface area contributed by atoms with E-state index in [1.54, 1.807) is 0 Å². The molecule has 0 amide bonds. The maximum Gasteiger partial charge on any atom is -0.00781 e. The summed E-state index contributed by atoms with van der Waals surface area (Å²) in [7, 11) is 0. The Morgan fingerprint density at radius 3 is 2.73 bits per heavy atom. The fourth-order valence-corrected chi connectivity index (χ4v) is 4.94. The lowest BCUT2D eigenvalue weighted by atomic mass is 9.60. The van der Waals surface area contributed by atoms with Crippen LogP contribution in [0.1, 0.15) is 46.5 Å². The highest BCUT2D eigenvalue weighted by atomic mass is 14.7. The Morgan fingerprint density at radius 2 is 2.00 bits per heavy atom. The second-order valence-corrected chi connectivity index (χ2v) is 6.69. The van der Waals surface area contributed by atoms with E-state index in [0.29, 0.717) is 16.2 Å². The van der Waals surface area contributed by atoms with Gasteiger partial charge < -0.3 is 0 Å². The second kappa shape index (κ2) is 2.42. The van der Waals surface area contributed by atoms with Crippen LogP contribution in [-0.4, -0.2) is 0 Å². The standard InChI is InChI=1S/C15H22/c1-11-6-9-13(2)10-12(11)14(3)7-5-8-15(13,14)4/h6,9,12H,1,5,7-8,10H2,2-4H3. The zero-order chi connectivity index (χ0) is 10.9. The second-order valence-electron chi connectivity index (χ2n) is 6.69. The summed E-state index contributed by atoms with van der Waals surface area (Å²) in [5, 5.41) is 0. The van der Waals surface area contributed by atoms with Crippen LogP contribution in [0.15, 0.2) is 24.3 Å². The van der Waals surface area contributed by atoms with Crippen molar-refractivity contribution in [3.05, 3.63) is 24.3 Å². The van der Waals surface area contributed by atoms with E-state index in [9.17, 15) is 0 Å². The first-order chi connectivity index (χ1) is 6.93. The van der Waals surface area contributed by atoms with Gasteiger partial charge in [0.1, 0.15) is 0 Å². The van der Waals surface area contributed by atoms with Crippen LogP contribution in [0.2, 0.25) is 0 Å². The predicted molar refractivity (Wildman–Crippen MR) is 64.6 cm³/mol. The average molecular weight is 202 g/mol. The zero-order valence-corrected chi connectivity index (χ0v) is 10.3. The predicted octanol–water partition coefficient (Wildman–Crippen LogP) is 4.34. The summed E-state index contributed by atoms with van der Waals surface area (Å²) >= 11 is 0. The third-order valence-corrected chi connectivity index (χ3v) is 6.40. The van der Waals surface area contributed by atoms with Crippen molar-refractivity contribution in [2.75, 3.05) is 0 Å². The van der Waals surface area contributed by atoms with Crippen LogP contribution >= 0.6 is 0 Å². The monoisotopic (exact) mass is 202 g/mol. The summed E-state index contributed by atoms with van der Waals surface area (Å²) in [4.78, 5) is 0. The molecule has 0 aromatic heterocycles. The van der Waals surface area contributed by atoms with Crippen molar-refractivity contribution >= 4 is 0 Å². The lowest BCUT2D eigenvalue weighted by molar-refractivity contribution is 0.0623. The smallest absolute Gasteiger partial charge is 0.00781 e. The normalized spacial score (nSPS) is 57.3. The SMILES string of the molecule is C=C1C=CC2(C)CC1C1(C)CCCC21C. The minimum absolute atomic E-state index is 0.435. The van der Waals surface area contributed by atoms with Gasteiger partial charge in [-0.1, -0.05) is 51.5 Å². The molecule has 3 aliphatic rings. The van der Waals surface area contributed by atoms with E-state index in [4.69, 9.17) is 0 Å². The quantitative estimate of drug-likeness (QED) is 0.548. The Balaban J connectivity index is 2.22. The molecular weight excluding hydrogens is 180 g/mol. The lowest BCUT2D eigenvalue weighted by Gasteiger charge is -2.44. The van der Waals surface area contributed by atoms with Gasteiger partial charge in [-0.05, 0) is 41.4 Å². The maximum absolute atomic E-state index is 4.27. The van der Waals surface area contributed by atoms with Crippen molar-refractivity contribution in [1.29, 1.82) is 0 Å². The minimum atomic E-state index is 0.435. The van der Waals surface area contributed by atoms with Crippen molar-refractivity contribution in [3.63, 3.8) is 0 Å². The summed E-state index contributed by atoms with van der Waals surface area (Å²) in [5.41, 5.74) is 2.85. The first-order valence-corrected chi connectivity index (χ1v) is 6.31. The summed E-state index contributed by atoms with van der Waals surface area (Å²) in [6.07, 6.45) is 10.3. The Bertz CT molecular complexity index is 364. The topological polar surface area (TPSA) is 0 Å². The van der Waals surface area contributed by atoms with Crippen molar-refractivity contribution in [2.45, 2.75) is 46.5 Å². The van der Waals surface area contributed by atoms with E-state index < -0.39 is 0 Å². The molecule has 0 N–H and O–H groups in total. The highest BCUT2D eigenvalue weighted by Crippen LogP contribution is 2.75. The summed E-state index contributed by atoms with van der Waals surface area (Å²) in [6, 6.07) is 0. The zero-order valence-electron chi connectivity index (χ0n) is 10.3. The van der Waals surface area contributed by atoms with Gasteiger partial charge in [0.05, 0.1) is 0 Å². The third-order valence-electron chi connectivity index (χ3n) is 6.40. The molecule has 2 bridgehead atoms. The number of allylic oxidation sites excluding steroid dienone is 3. The van der Waals surface area contributed by atoms with Crippen molar-refractivity contribution in [2.24, 2.45) is 22.2 Å². The van der Waals surface area contributed by atoms with Crippen molar-refractivity contribution in [3.8, 4) is 0 Å². The molecule has 4 unspecified atom stereocenters. The van der Waals surface area contributed by atoms with Gasteiger partial charge in [0.25, 0.3) is 0 Å². The van der Waals surface area contributed by atoms with Gasteiger partial charge in [0.2, 0.25) is 0 Å². The summed E-state index contributed by atoms with van der Waals surface area (Å²) in [6.45, 7) is 11.8. The molecule has 15 heavy (non-hydrogen) atoms. The van der Waals surface area contributed by atoms with Crippen LogP contribution in [-0.2, 0) is 0 Å². The molecule has 82 valence electrons.